The SMILES string of the molecule is CC=C(CCCCCC(C)=C(C)C)CC1CC2C=CC1C2. The van der Waals surface area contributed by atoms with Crippen LogP contribution in [0.2, 0.25) is 0 Å². The maximum absolute atomic E-state index is 2.49. The molecule has 118 valence electrons. The van der Waals surface area contributed by atoms with E-state index in [9.17, 15) is 0 Å². The van der Waals surface area contributed by atoms with Crippen molar-refractivity contribution >= 4 is 0 Å². The van der Waals surface area contributed by atoms with Gasteiger partial charge in [-0.25, -0.2) is 0 Å². The van der Waals surface area contributed by atoms with Crippen molar-refractivity contribution in [3.63, 3.8) is 0 Å². The monoisotopic (exact) mass is 286 g/mol. The van der Waals surface area contributed by atoms with Crippen LogP contribution in [-0.4, -0.2) is 0 Å². The molecule has 0 aliphatic heterocycles. The standard InChI is InChI=1S/C21H34/c1-5-18(10-8-6-7-9-17(4)16(2)3)13-21-15-19-11-12-20(21)14-19/h5,11-12,19-21H,6-10,13-15H2,1-4H3. The van der Waals surface area contributed by atoms with Crippen LogP contribution in [0.15, 0.2) is 34.9 Å². The highest BCUT2D eigenvalue weighted by molar-refractivity contribution is 5.13. The first-order chi connectivity index (χ1) is 10.1. The lowest BCUT2D eigenvalue weighted by Crippen LogP contribution is -2.08. The van der Waals surface area contributed by atoms with Crippen LogP contribution in [0, 0.1) is 17.8 Å². The molecule has 0 amide bonds. The van der Waals surface area contributed by atoms with E-state index in [1.807, 2.05) is 0 Å². The number of allylic oxidation sites excluding steroid dienone is 6. The molecule has 0 saturated heterocycles. The third kappa shape index (κ3) is 4.87. The Kier molecular flexibility index (Phi) is 6.33. The fourth-order valence-electron chi connectivity index (χ4n) is 4.00. The highest BCUT2D eigenvalue weighted by atomic mass is 14.4. The fraction of sp³-hybridized carbons (Fsp3) is 0.714. The summed E-state index contributed by atoms with van der Waals surface area (Å²) in [6.45, 7) is 9.00. The average Bonchev–Trinajstić information content (AvgIpc) is 3.07. The number of hydrogen-bond acceptors (Lipinski definition) is 0. The van der Waals surface area contributed by atoms with Crippen LogP contribution >= 0.6 is 0 Å². The highest BCUT2D eigenvalue weighted by Gasteiger charge is 2.35. The predicted molar refractivity (Wildman–Crippen MR) is 94.4 cm³/mol. The summed E-state index contributed by atoms with van der Waals surface area (Å²) >= 11 is 0. The molecule has 1 fully saturated rings. The van der Waals surface area contributed by atoms with Gasteiger partial charge in [0.15, 0.2) is 0 Å². The number of fused-ring (bicyclic) bond motifs is 2. The number of unbranched alkanes of at least 4 members (excludes halogenated alkanes) is 2. The molecule has 0 radical (unpaired) electrons. The Morgan fingerprint density at radius 3 is 2.33 bits per heavy atom. The third-order valence-corrected chi connectivity index (χ3v) is 5.75. The zero-order valence-corrected chi connectivity index (χ0v) is 14.6. The topological polar surface area (TPSA) is 0 Å². The van der Waals surface area contributed by atoms with Crippen molar-refractivity contribution in [2.24, 2.45) is 17.8 Å². The Hall–Kier alpha value is -0.780. The first kappa shape index (κ1) is 16.6. The molecule has 2 aliphatic rings. The molecule has 3 atom stereocenters. The zero-order valence-electron chi connectivity index (χ0n) is 14.6. The minimum absolute atomic E-state index is 0.908. The molecule has 0 heterocycles. The summed E-state index contributed by atoms with van der Waals surface area (Å²) in [6.07, 6.45) is 18.4. The van der Waals surface area contributed by atoms with Crippen molar-refractivity contribution in [3.05, 3.63) is 34.9 Å². The Balaban J connectivity index is 1.63. The van der Waals surface area contributed by atoms with Gasteiger partial charge in [-0.1, -0.05) is 41.4 Å². The predicted octanol–water partition coefficient (Wildman–Crippen LogP) is 6.84. The van der Waals surface area contributed by atoms with Crippen LogP contribution in [0.25, 0.3) is 0 Å². The molecule has 0 heteroatoms. The molecule has 0 N–H and O–H groups in total. The summed E-state index contributed by atoms with van der Waals surface area (Å²) in [7, 11) is 0. The quantitative estimate of drug-likeness (QED) is 0.338. The normalized spacial score (nSPS) is 27.4. The van der Waals surface area contributed by atoms with E-state index in [0.29, 0.717) is 0 Å². The molecule has 0 aromatic carbocycles. The maximum atomic E-state index is 2.49. The second-order valence-corrected chi connectivity index (χ2v) is 7.53. The largest absolute Gasteiger partial charge is 0.0884 e. The van der Waals surface area contributed by atoms with Crippen LogP contribution in [0.3, 0.4) is 0 Å². The van der Waals surface area contributed by atoms with Crippen molar-refractivity contribution in [2.45, 2.75) is 79.1 Å². The molecule has 2 aliphatic carbocycles. The molecular weight excluding hydrogens is 252 g/mol. The van der Waals surface area contributed by atoms with Crippen LogP contribution < -0.4 is 0 Å². The van der Waals surface area contributed by atoms with E-state index >= 15 is 0 Å². The Morgan fingerprint density at radius 2 is 1.76 bits per heavy atom. The van der Waals surface area contributed by atoms with Gasteiger partial charge in [-0.2, -0.15) is 0 Å². The molecule has 2 bridgehead atoms. The molecule has 3 unspecified atom stereocenters. The van der Waals surface area contributed by atoms with E-state index in [4.69, 9.17) is 0 Å². The van der Waals surface area contributed by atoms with Crippen LogP contribution in [0.4, 0.5) is 0 Å². The van der Waals surface area contributed by atoms with Crippen molar-refractivity contribution in [2.75, 3.05) is 0 Å². The van der Waals surface area contributed by atoms with Crippen molar-refractivity contribution in [3.8, 4) is 0 Å². The van der Waals surface area contributed by atoms with Gasteiger partial charge in [0.2, 0.25) is 0 Å². The Bertz CT molecular complexity index is 417. The second-order valence-electron chi connectivity index (χ2n) is 7.53. The summed E-state index contributed by atoms with van der Waals surface area (Å²) in [6, 6.07) is 0. The van der Waals surface area contributed by atoms with Gasteiger partial charge in [-0.3, -0.25) is 0 Å². The van der Waals surface area contributed by atoms with Gasteiger partial charge in [-0.05, 0) is 90.4 Å². The van der Waals surface area contributed by atoms with Gasteiger partial charge in [0.05, 0.1) is 0 Å². The zero-order chi connectivity index (χ0) is 15.2. The molecule has 2 rings (SSSR count). The number of rotatable bonds is 8. The lowest BCUT2D eigenvalue weighted by atomic mass is 9.86. The highest BCUT2D eigenvalue weighted by Crippen LogP contribution is 2.46. The van der Waals surface area contributed by atoms with Gasteiger partial charge < -0.3 is 0 Å². The maximum Gasteiger partial charge on any atom is -0.0196 e. The van der Waals surface area contributed by atoms with E-state index in [0.717, 1.165) is 17.8 Å². The van der Waals surface area contributed by atoms with Gasteiger partial charge >= 0.3 is 0 Å². The van der Waals surface area contributed by atoms with E-state index in [-0.39, 0.29) is 0 Å². The fourth-order valence-corrected chi connectivity index (χ4v) is 4.00. The summed E-state index contributed by atoms with van der Waals surface area (Å²) < 4.78 is 0. The van der Waals surface area contributed by atoms with Crippen LogP contribution in [0.5, 0.6) is 0 Å². The summed E-state index contributed by atoms with van der Waals surface area (Å²) in [5.41, 5.74) is 4.82. The van der Waals surface area contributed by atoms with E-state index in [2.05, 4.69) is 45.9 Å². The lowest BCUT2D eigenvalue weighted by molar-refractivity contribution is 0.436. The molecule has 0 aromatic heterocycles. The molecule has 0 aromatic rings. The second kappa shape index (κ2) is 8.01. The van der Waals surface area contributed by atoms with Crippen LogP contribution in [0.1, 0.15) is 79.1 Å². The number of hydrogen-bond donors (Lipinski definition) is 0. The van der Waals surface area contributed by atoms with Gasteiger partial charge in [0.1, 0.15) is 0 Å². The van der Waals surface area contributed by atoms with E-state index in [1.54, 1.807) is 11.1 Å². The summed E-state index contributed by atoms with van der Waals surface area (Å²) in [5, 5.41) is 0. The molecular formula is C21H34. The third-order valence-electron chi connectivity index (χ3n) is 5.75. The van der Waals surface area contributed by atoms with Crippen LogP contribution in [-0.2, 0) is 0 Å². The van der Waals surface area contributed by atoms with Gasteiger partial charge in [0.25, 0.3) is 0 Å². The molecule has 0 spiro atoms. The first-order valence-electron chi connectivity index (χ1n) is 9.05. The Morgan fingerprint density at radius 1 is 1.00 bits per heavy atom. The van der Waals surface area contributed by atoms with Crippen molar-refractivity contribution < 1.29 is 0 Å². The van der Waals surface area contributed by atoms with E-state index < -0.39 is 0 Å². The summed E-state index contributed by atoms with van der Waals surface area (Å²) in [4.78, 5) is 0. The van der Waals surface area contributed by atoms with E-state index in [1.165, 1.54) is 56.9 Å². The lowest BCUT2D eigenvalue weighted by Gasteiger charge is -2.19. The Labute approximate surface area is 132 Å². The van der Waals surface area contributed by atoms with Gasteiger partial charge in [0, 0.05) is 0 Å². The minimum Gasteiger partial charge on any atom is -0.0884 e. The smallest absolute Gasteiger partial charge is 0.0196 e. The average molecular weight is 287 g/mol. The first-order valence-corrected chi connectivity index (χ1v) is 9.05. The molecule has 21 heavy (non-hydrogen) atoms. The van der Waals surface area contributed by atoms with Crippen molar-refractivity contribution in [1.29, 1.82) is 0 Å². The molecule has 1 saturated carbocycles. The van der Waals surface area contributed by atoms with Gasteiger partial charge in [-0.15, -0.1) is 0 Å². The van der Waals surface area contributed by atoms with Crippen molar-refractivity contribution in [1.82, 2.24) is 0 Å². The minimum atomic E-state index is 0.908. The summed E-state index contributed by atoms with van der Waals surface area (Å²) in [5.74, 6) is 2.79. The molecule has 0 nitrogen and oxygen atoms in total.